The largest absolute Gasteiger partial charge is 0.457 e. The highest BCUT2D eigenvalue weighted by Gasteiger charge is 2.31. The van der Waals surface area contributed by atoms with Gasteiger partial charge in [-0.15, -0.1) is 0 Å². The van der Waals surface area contributed by atoms with Crippen LogP contribution in [0.1, 0.15) is 5.76 Å². The maximum absolute atomic E-state index is 13.0. The number of thioether (sulfide) groups is 1. The molecule has 4 nitrogen and oxygen atoms in total. The molecule has 1 aliphatic rings. The number of hydrogen-bond acceptors (Lipinski definition) is 5. The number of nitrogens with zero attached hydrogens (tertiary/aromatic N) is 1. The molecule has 0 aliphatic carbocycles. The Morgan fingerprint density at radius 3 is 2.75 bits per heavy atom. The van der Waals surface area contributed by atoms with Gasteiger partial charge in [-0.3, -0.25) is 9.69 Å². The van der Waals surface area contributed by atoms with Crippen molar-refractivity contribution < 1.29 is 18.3 Å². The number of amides is 1. The molecule has 124 valence electrons. The second-order valence-corrected chi connectivity index (χ2v) is 6.71. The minimum absolute atomic E-state index is 0.151. The van der Waals surface area contributed by atoms with E-state index < -0.39 is 0 Å². The summed E-state index contributed by atoms with van der Waals surface area (Å²) in [5, 5.41) is 0. The van der Waals surface area contributed by atoms with Crippen molar-refractivity contribution in [1.82, 2.24) is 4.90 Å². The van der Waals surface area contributed by atoms with Crippen LogP contribution in [0, 0.1) is 5.82 Å². The molecule has 1 fully saturated rings. The molecule has 3 rings (SSSR count). The average molecular weight is 363 g/mol. The van der Waals surface area contributed by atoms with Crippen molar-refractivity contribution in [2.24, 2.45) is 0 Å². The number of benzene rings is 1. The SMILES string of the molecule is COCCN1C(=O)C(=Cc2ccc(-c3ccc(F)cc3)o2)SC1=S. The van der Waals surface area contributed by atoms with Gasteiger partial charge in [0.15, 0.2) is 0 Å². The van der Waals surface area contributed by atoms with E-state index in [0.29, 0.717) is 33.9 Å². The summed E-state index contributed by atoms with van der Waals surface area (Å²) in [6, 6.07) is 9.58. The Labute approximate surface area is 148 Å². The fourth-order valence-electron chi connectivity index (χ4n) is 2.20. The summed E-state index contributed by atoms with van der Waals surface area (Å²) < 4.78 is 24.2. The Morgan fingerprint density at radius 2 is 2.04 bits per heavy atom. The van der Waals surface area contributed by atoms with Gasteiger partial charge in [-0.2, -0.15) is 0 Å². The van der Waals surface area contributed by atoms with Gasteiger partial charge in [-0.25, -0.2) is 4.39 Å². The predicted molar refractivity (Wildman–Crippen MR) is 95.9 cm³/mol. The van der Waals surface area contributed by atoms with Crippen molar-refractivity contribution in [3.8, 4) is 11.3 Å². The molecular weight excluding hydrogens is 349 g/mol. The topological polar surface area (TPSA) is 42.7 Å². The first-order valence-electron chi connectivity index (χ1n) is 7.18. The van der Waals surface area contributed by atoms with Crippen LogP contribution in [0.25, 0.3) is 17.4 Å². The fraction of sp³-hybridized carbons (Fsp3) is 0.176. The fourth-order valence-corrected chi connectivity index (χ4v) is 3.49. The van der Waals surface area contributed by atoms with Crippen LogP contribution in [0.15, 0.2) is 45.7 Å². The molecule has 2 aromatic rings. The van der Waals surface area contributed by atoms with E-state index in [4.69, 9.17) is 21.4 Å². The number of furan rings is 1. The third kappa shape index (κ3) is 3.58. The Morgan fingerprint density at radius 1 is 1.29 bits per heavy atom. The lowest BCUT2D eigenvalue weighted by atomic mass is 10.2. The van der Waals surface area contributed by atoms with Crippen LogP contribution < -0.4 is 0 Å². The number of halogens is 1. The molecule has 7 heteroatoms. The molecular formula is C17H14FNO3S2. The molecule has 0 saturated carbocycles. The predicted octanol–water partition coefficient (Wildman–Crippen LogP) is 3.93. The molecule has 1 saturated heterocycles. The molecule has 1 aromatic heterocycles. The lowest BCUT2D eigenvalue weighted by Crippen LogP contribution is -2.31. The van der Waals surface area contributed by atoms with Crippen molar-refractivity contribution in [3.63, 3.8) is 0 Å². The Balaban J connectivity index is 1.78. The average Bonchev–Trinajstić information content (AvgIpc) is 3.13. The monoisotopic (exact) mass is 363 g/mol. The van der Waals surface area contributed by atoms with Crippen LogP contribution in [0.2, 0.25) is 0 Å². The van der Waals surface area contributed by atoms with Gasteiger partial charge in [0, 0.05) is 18.7 Å². The van der Waals surface area contributed by atoms with Crippen molar-refractivity contribution in [2.75, 3.05) is 20.3 Å². The molecule has 0 spiro atoms. The second kappa shape index (κ2) is 7.29. The molecule has 2 heterocycles. The third-order valence-electron chi connectivity index (χ3n) is 3.42. The van der Waals surface area contributed by atoms with Crippen LogP contribution in [-0.2, 0) is 9.53 Å². The van der Waals surface area contributed by atoms with Crippen LogP contribution in [0.3, 0.4) is 0 Å². The standard InChI is InChI=1S/C17H14FNO3S2/c1-21-9-8-19-16(20)15(24-17(19)23)10-13-6-7-14(22-13)11-2-4-12(18)5-3-11/h2-7,10H,8-9H2,1H3. The minimum atomic E-state index is -0.301. The van der Waals surface area contributed by atoms with E-state index in [0.717, 1.165) is 5.56 Å². The maximum atomic E-state index is 13.0. The van der Waals surface area contributed by atoms with Crippen LogP contribution in [-0.4, -0.2) is 35.4 Å². The summed E-state index contributed by atoms with van der Waals surface area (Å²) in [6.45, 7) is 0.854. The van der Waals surface area contributed by atoms with E-state index in [1.54, 1.807) is 37.5 Å². The first kappa shape index (κ1) is 16.9. The number of ether oxygens (including phenoxy) is 1. The van der Waals surface area contributed by atoms with Gasteiger partial charge in [0.05, 0.1) is 18.1 Å². The number of hydrogen-bond donors (Lipinski definition) is 0. The highest BCUT2D eigenvalue weighted by molar-refractivity contribution is 8.26. The van der Waals surface area contributed by atoms with Gasteiger partial charge in [0.2, 0.25) is 0 Å². The first-order chi connectivity index (χ1) is 11.6. The Kier molecular flexibility index (Phi) is 5.13. The van der Waals surface area contributed by atoms with Gasteiger partial charge in [0.1, 0.15) is 21.7 Å². The van der Waals surface area contributed by atoms with Gasteiger partial charge in [0.25, 0.3) is 5.91 Å². The van der Waals surface area contributed by atoms with Gasteiger partial charge in [-0.1, -0.05) is 24.0 Å². The van der Waals surface area contributed by atoms with Crippen LogP contribution in [0.4, 0.5) is 4.39 Å². The smallest absolute Gasteiger partial charge is 0.266 e. The van der Waals surface area contributed by atoms with E-state index in [1.807, 2.05) is 0 Å². The highest BCUT2D eigenvalue weighted by Crippen LogP contribution is 2.33. The van der Waals surface area contributed by atoms with E-state index in [2.05, 4.69) is 0 Å². The number of thiocarbonyl (C=S) groups is 1. The summed E-state index contributed by atoms with van der Waals surface area (Å²) in [6.07, 6.45) is 1.67. The zero-order chi connectivity index (χ0) is 17.1. The lowest BCUT2D eigenvalue weighted by molar-refractivity contribution is -0.122. The summed E-state index contributed by atoms with van der Waals surface area (Å²) in [4.78, 5) is 14.4. The lowest BCUT2D eigenvalue weighted by Gasteiger charge is -2.12. The number of carbonyl (C=O) groups excluding carboxylic acids is 1. The van der Waals surface area contributed by atoms with Crippen LogP contribution in [0.5, 0.6) is 0 Å². The maximum Gasteiger partial charge on any atom is 0.266 e. The number of rotatable bonds is 5. The van der Waals surface area contributed by atoms with Crippen molar-refractivity contribution in [2.45, 2.75) is 0 Å². The molecule has 1 aromatic carbocycles. The van der Waals surface area contributed by atoms with Crippen molar-refractivity contribution >= 4 is 40.3 Å². The van der Waals surface area contributed by atoms with Gasteiger partial charge < -0.3 is 9.15 Å². The molecule has 1 aliphatic heterocycles. The first-order valence-corrected chi connectivity index (χ1v) is 8.41. The molecule has 0 bridgehead atoms. The Hall–Kier alpha value is -1.96. The van der Waals surface area contributed by atoms with Gasteiger partial charge in [-0.05, 0) is 36.4 Å². The normalized spacial score (nSPS) is 16.4. The number of methoxy groups -OCH3 is 1. The molecule has 1 amide bonds. The van der Waals surface area contributed by atoms with Gasteiger partial charge >= 0.3 is 0 Å². The zero-order valence-corrected chi connectivity index (χ0v) is 14.5. The second-order valence-electron chi connectivity index (χ2n) is 5.04. The molecule has 24 heavy (non-hydrogen) atoms. The highest BCUT2D eigenvalue weighted by atomic mass is 32.2. The summed E-state index contributed by atoms with van der Waals surface area (Å²) in [5.74, 6) is 0.699. The quantitative estimate of drug-likeness (QED) is 0.595. The molecule has 0 N–H and O–H groups in total. The van der Waals surface area contributed by atoms with Crippen molar-refractivity contribution in [3.05, 3.63) is 52.9 Å². The molecule has 0 atom stereocenters. The zero-order valence-electron chi connectivity index (χ0n) is 12.8. The molecule has 0 radical (unpaired) electrons. The Bertz CT molecular complexity index is 798. The summed E-state index contributed by atoms with van der Waals surface area (Å²) >= 11 is 6.46. The van der Waals surface area contributed by atoms with E-state index in [-0.39, 0.29) is 11.7 Å². The third-order valence-corrected chi connectivity index (χ3v) is 4.80. The summed E-state index contributed by atoms with van der Waals surface area (Å²) in [7, 11) is 1.58. The minimum Gasteiger partial charge on any atom is -0.457 e. The van der Waals surface area contributed by atoms with Crippen LogP contribution >= 0.6 is 24.0 Å². The summed E-state index contributed by atoms with van der Waals surface area (Å²) in [5.41, 5.74) is 0.767. The van der Waals surface area contributed by atoms with Crippen molar-refractivity contribution in [1.29, 1.82) is 0 Å². The van der Waals surface area contributed by atoms with E-state index in [9.17, 15) is 9.18 Å². The molecule has 0 unspecified atom stereocenters. The van der Waals surface area contributed by atoms with E-state index in [1.165, 1.54) is 28.8 Å². The van der Waals surface area contributed by atoms with E-state index >= 15 is 0 Å². The number of carbonyl (C=O) groups is 1.